The summed E-state index contributed by atoms with van der Waals surface area (Å²) in [5, 5.41) is 17.5. The molecule has 1 aliphatic heterocycles. The van der Waals surface area contributed by atoms with Crippen molar-refractivity contribution in [2.75, 3.05) is 19.6 Å². The molecule has 5 rings (SSSR count). The summed E-state index contributed by atoms with van der Waals surface area (Å²) in [7, 11) is 0. The lowest BCUT2D eigenvalue weighted by Crippen LogP contribution is -2.48. The van der Waals surface area contributed by atoms with Gasteiger partial charge in [-0.2, -0.15) is 0 Å². The second kappa shape index (κ2) is 16.4. The molecule has 3 aromatic rings. The van der Waals surface area contributed by atoms with Gasteiger partial charge in [0.2, 0.25) is 0 Å². The Balaban J connectivity index is 1.43. The third-order valence-electron chi connectivity index (χ3n) is 9.08. The topological polar surface area (TPSA) is 106 Å². The third-order valence-corrected chi connectivity index (χ3v) is 9.08. The molecule has 260 valence electrons. The number of fused-ring (bicyclic) bond motifs is 1. The van der Waals surface area contributed by atoms with Crippen molar-refractivity contribution >= 4 is 23.4 Å². The largest absolute Gasteiger partial charge is 0.390 e. The van der Waals surface area contributed by atoms with Gasteiger partial charge in [0.05, 0.1) is 18.2 Å². The first-order chi connectivity index (χ1) is 23.6. The minimum atomic E-state index is -1.11. The number of aryl methyl sites for hydroxylation is 1. The van der Waals surface area contributed by atoms with E-state index in [2.05, 4.69) is 29.7 Å². The normalized spacial score (nSPS) is 17.8. The van der Waals surface area contributed by atoms with Crippen LogP contribution in [-0.2, 0) is 19.4 Å². The van der Waals surface area contributed by atoms with Gasteiger partial charge in [0, 0.05) is 60.6 Å². The van der Waals surface area contributed by atoms with Crippen LogP contribution < -0.4 is 10.6 Å². The van der Waals surface area contributed by atoms with Crippen molar-refractivity contribution in [3.8, 4) is 0 Å². The van der Waals surface area contributed by atoms with E-state index in [1.807, 2.05) is 32.9 Å². The Morgan fingerprint density at radius 3 is 2.31 bits per heavy atom. The molecule has 1 fully saturated rings. The van der Waals surface area contributed by atoms with E-state index in [0.717, 1.165) is 43.0 Å². The first kappa shape index (κ1) is 36.0. The molecule has 3 aromatic carbocycles. The van der Waals surface area contributed by atoms with Crippen LogP contribution >= 0.6 is 0 Å². The van der Waals surface area contributed by atoms with Gasteiger partial charge in [-0.3, -0.25) is 14.6 Å². The fraction of sp³-hybridized carbons (Fsp3) is 0.436. The molecule has 10 heteroatoms. The van der Waals surface area contributed by atoms with Crippen LogP contribution in [0.25, 0.3) is 0 Å². The highest BCUT2D eigenvalue weighted by molar-refractivity contribution is 6.12. The minimum absolute atomic E-state index is 0.0277. The number of aliphatic imine (C=N–C) groups is 2. The van der Waals surface area contributed by atoms with Gasteiger partial charge in [0.25, 0.3) is 11.8 Å². The molecule has 0 radical (unpaired) electrons. The molecule has 0 aromatic heterocycles. The number of aliphatic hydroxyl groups excluding tert-OH is 1. The zero-order valence-corrected chi connectivity index (χ0v) is 28.8. The second-order valence-corrected chi connectivity index (χ2v) is 13.1. The molecule has 1 aliphatic carbocycles. The van der Waals surface area contributed by atoms with Crippen LogP contribution in [0.3, 0.4) is 0 Å². The summed E-state index contributed by atoms with van der Waals surface area (Å²) in [5.74, 6) is -1.38. The van der Waals surface area contributed by atoms with Crippen LogP contribution in [-0.4, -0.2) is 71.2 Å². The molecule has 0 saturated heterocycles. The summed E-state index contributed by atoms with van der Waals surface area (Å²) >= 11 is 0. The number of aliphatic hydroxyl groups is 1. The van der Waals surface area contributed by atoms with E-state index >= 15 is 0 Å². The summed E-state index contributed by atoms with van der Waals surface area (Å²) in [6, 6.07) is 15.5. The number of halogens is 2. The van der Waals surface area contributed by atoms with Crippen LogP contribution in [0, 0.1) is 17.6 Å². The average molecular weight is 672 g/mol. The van der Waals surface area contributed by atoms with Crippen molar-refractivity contribution in [3.05, 3.63) is 106 Å². The number of carbonyl (C=O) groups is 2. The van der Waals surface area contributed by atoms with Gasteiger partial charge in [0.15, 0.2) is 5.84 Å². The van der Waals surface area contributed by atoms with E-state index in [4.69, 9.17) is 9.98 Å². The molecule has 49 heavy (non-hydrogen) atoms. The minimum Gasteiger partial charge on any atom is -0.390 e. The number of benzene rings is 3. The lowest BCUT2D eigenvalue weighted by Gasteiger charge is -2.26. The Kier molecular flexibility index (Phi) is 12.1. The summed E-state index contributed by atoms with van der Waals surface area (Å²) in [4.78, 5) is 39.1. The molecule has 1 heterocycles. The molecule has 0 bridgehead atoms. The highest BCUT2D eigenvalue weighted by Gasteiger charge is 2.42. The standard InChI is InChI=1S/C39H47F2N5O3/c1-5-11-46(12-6-2)39(49)30-18-28(37-43-24(4)33-21-34(33)44-37)17-29(19-30)38(48)45-35(16-27-14-31(40)20-32(41)15-27)36(47)23-42-22-26-10-8-9-25(7-3)13-26/h8-10,13-15,17-20,33-36,42,47H,5-7,11-12,16,21-23H2,1-4H3,(H,45,48)/t33?,34?,35-,36+/m0/s1. The molecule has 1 saturated carbocycles. The number of hydrogen-bond acceptors (Lipinski definition) is 6. The first-order valence-corrected chi connectivity index (χ1v) is 17.4. The number of amidine groups is 1. The van der Waals surface area contributed by atoms with Crippen LogP contribution in [0.4, 0.5) is 8.78 Å². The quantitative estimate of drug-likeness (QED) is 0.177. The maximum absolute atomic E-state index is 14.2. The maximum atomic E-state index is 14.2. The molecule has 2 amide bonds. The number of nitrogens with zero attached hydrogens (tertiary/aromatic N) is 3. The van der Waals surface area contributed by atoms with Gasteiger partial charge in [0.1, 0.15) is 11.6 Å². The van der Waals surface area contributed by atoms with E-state index in [0.29, 0.717) is 42.5 Å². The van der Waals surface area contributed by atoms with Crippen molar-refractivity contribution in [2.45, 2.75) is 84.5 Å². The zero-order valence-electron chi connectivity index (χ0n) is 28.8. The Morgan fingerprint density at radius 2 is 1.63 bits per heavy atom. The summed E-state index contributed by atoms with van der Waals surface area (Å²) in [6.07, 6.45) is 2.27. The number of carbonyl (C=O) groups excluding carboxylic acids is 2. The fourth-order valence-electron chi connectivity index (χ4n) is 6.38. The second-order valence-electron chi connectivity index (χ2n) is 13.1. The monoisotopic (exact) mass is 671 g/mol. The molecule has 4 atom stereocenters. The van der Waals surface area contributed by atoms with Gasteiger partial charge in [-0.1, -0.05) is 45.0 Å². The van der Waals surface area contributed by atoms with Gasteiger partial charge in [-0.15, -0.1) is 0 Å². The highest BCUT2D eigenvalue weighted by Crippen LogP contribution is 2.38. The van der Waals surface area contributed by atoms with Crippen molar-refractivity contribution in [1.29, 1.82) is 0 Å². The van der Waals surface area contributed by atoms with Gasteiger partial charge < -0.3 is 20.6 Å². The highest BCUT2D eigenvalue weighted by atomic mass is 19.1. The van der Waals surface area contributed by atoms with E-state index < -0.39 is 29.7 Å². The molecular weight excluding hydrogens is 624 g/mol. The fourth-order valence-corrected chi connectivity index (χ4v) is 6.38. The number of nitrogens with one attached hydrogen (secondary N) is 2. The zero-order chi connectivity index (χ0) is 35.1. The number of rotatable bonds is 16. The van der Waals surface area contributed by atoms with Crippen LogP contribution in [0.15, 0.2) is 70.6 Å². The number of amides is 2. The van der Waals surface area contributed by atoms with E-state index in [1.54, 1.807) is 23.1 Å². The van der Waals surface area contributed by atoms with E-state index in [9.17, 15) is 23.5 Å². The Labute approximate surface area is 287 Å². The Morgan fingerprint density at radius 1 is 0.939 bits per heavy atom. The SMILES string of the molecule is CCCN(CCC)C(=O)c1cc(C(=O)N[C@@H](Cc2cc(F)cc(F)c2)[C@H](O)CNCc2cccc(CC)c2)cc(C2=NC3CC3C(C)=N2)c1. The predicted molar refractivity (Wildman–Crippen MR) is 189 cm³/mol. The molecule has 8 nitrogen and oxygen atoms in total. The van der Waals surface area contributed by atoms with Gasteiger partial charge in [-0.25, -0.2) is 13.8 Å². The average Bonchev–Trinajstić information content (AvgIpc) is 3.87. The number of hydrogen-bond donors (Lipinski definition) is 3. The molecule has 2 unspecified atom stereocenters. The van der Waals surface area contributed by atoms with Gasteiger partial charge in [-0.05, 0) is 86.1 Å². The lowest BCUT2D eigenvalue weighted by atomic mass is 9.98. The van der Waals surface area contributed by atoms with Crippen molar-refractivity contribution in [2.24, 2.45) is 15.9 Å². The summed E-state index contributed by atoms with van der Waals surface area (Å²) < 4.78 is 28.3. The molecule has 2 aliphatic rings. The first-order valence-electron chi connectivity index (χ1n) is 17.4. The summed E-state index contributed by atoms with van der Waals surface area (Å²) in [5.41, 5.74) is 4.63. The summed E-state index contributed by atoms with van der Waals surface area (Å²) in [6.45, 7) is 9.84. The van der Waals surface area contributed by atoms with Crippen molar-refractivity contribution in [1.82, 2.24) is 15.5 Å². The van der Waals surface area contributed by atoms with E-state index in [1.165, 1.54) is 17.7 Å². The van der Waals surface area contributed by atoms with Gasteiger partial charge >= 0.3 is 0 Å². The lowest BCUT2D eigenvalue weighted by molar-refractivity contribution is 0.0755. The Bertz CT molecular complexity index is 1700. The predicted octanol–water partition coefficient (Wildman–Crippen LogP) is 5.89. The van der Waals surface area contributed by atoms with Crippen LogP contribution in [0.5, 0.6) is 0 Å². The smallest absolute Gasteiger partial charge is 0.253 e. The molecular formula is C39H47F2N5O3. The molecule has 3 N–H and O–H groups in total. The van der Waals surface area contributed by atoms with Crippen LogP contribution in [0.2, 0.25) is 0 Å². The third kappa shape index (κ3) is 9.45. The Hall–Kier alpha value is -4.28. The van der Waals surface area contributed by atoms with Crippen LogP contribution in [0.1, 0.15) is 89.9 Å². The van der Waals surface area contributed by atoms with E-state index in [-0.39, 0.29) is 36.0 Å². The van der Waals surface area contributed by atoms with Crippen molar-refractivity contribution in [3.63, 3.8) is 0 Å². The maximum Gasteiger partial charge on any atom is 0.253 e. The molecule has 0 spiro atoms. The van der Waals surface area contributed by atoms with Crippen molar-refractivity contribution < 1.29 is 23.5 Å².